The van der Waals surface area contributed by atoms with Gasteiger partial charge in [0.2, 0.25) is 5.91 Å². The number of carbonyl (C=O) groups is 1. The maximum absolute atomic E-state index is 12.3. The van der Waals surface area contributed by atoms with Crippen LogP contribution in [-0.4, -0.2) is 23.5 Å². The summed E-state index contributed by atoms with van der Waals surface area (Å²) in [6.45, 7) is 2.70. The molecule has 2 aromatic heterocycles. The normalized spacial score (nSPS) is 19.9. The number of nitrogens with one attached hydrogen (secondary N) is 3. The van der Waals surface area contributed by atoms with Crippen LogP contribution >= 0.6 is 11.3 Å². The Bertz CT molecular complexity index is 871. The molecule has 4 rings (SSSR count). The van der Waals surface area contributed by atoms with Crippen molar-refractivity contribution < 1.29 is 9.21 Å². The largest absolute Gasteiger partial charge is 0.441 e. The van der Waals surface area contributed by atoms with E-state index in [0.29, 0.717) is 18.9 Å². The second-order valence-corrected chi connectivity index (χ2v) is 7.87. The predicted molar refractivity (Wildman–Crippen MR) is 102 cm³/mol. The second-order valence-electron chi connectivity index (χ2n) is 6.55. The molecule has 0 saturated carbocycles. The summed E-state index contributed by atoms with van der Waals surface area (Å²) in [6, 6.07) is 12.0. The Morgan fingerprint density at radius 1 is 1.31 bits per heavy atom. The first-order valence-corrected chi connectivity index (χ1v) is 9.70. The summed E-state index contributed by atoms with van der Waals surface area (Å²) in [7, 11) is 0. The minimum atomic E-state index is -0.202. The first kappa shape index (κ1) is 17.2. The zero-order valence-corrected chi connectivity index (χ0v) is 15.4. The van der Waals surface area contributed by atoms with Gasteiger partial charge in [-0.1, -0.05) is 12.1 Å². The molecule has 26 heavy (non-hydrogen) atoms. The summed E-state index contributed by atoms with van der Waals surface area (Å²) < 4.78 is 5.69. The quantitative estimate of drug-likeness (QED) is 0.582. The lowest BCUT2D eigenvalue weighted by molar-refractivity contribution is -0.122. The third-order valence-electron chi connectivity index (χ3n) is 4.53. The molecule has 0 aliphatic carbocycles. The van der Waals surface area contributed by atoms with Crippen molar-refractivity contribution >= 4 is 28.3 Å². The van der Waals surface area contributed by atoms with Crippen LogP contribution in [0.15, 0.2) is 40.8 Å². The van der Waals surface area contributed by atoms with Gasteiger partial charge in [0.1, 0.15) is 11.6 Å². The van der Waals surface area contributed by atoms with E-state index in [-0.39, 0.29) is 18.0 Å². The van der Waals surface area contributed by atoms with Gasteiger partial charge in [0.05, 0.1) is 6.04 Å². The van der Waals surface area contributed by atoms with Gasteiger partial charge in [0, 0.05) is 22.7 Å². The Balaban J connectivity index is 1.22. The molecule has 1 saturated heterocycles. The van der Waals surface area contributed by atoms with Crippen molar-refractivity contribution in [2.24, 2.45) is 0 Å². The van der Waals surface area contributed by atoms with Gasteiger partial charge >= 0.3 is 0 Å². The van der Waals surface area contributed by atoms with Crippen LogP contribution < -0.4 is 16.2 Å². The molecular weight excluding hydrogens is 348 g/mol. The van der Waals surface area contributed by atoms with Crippen LogP contribution in [0.5, 0.6) is 0 Å². The van der Waals surface area contributed by atoms with E-state index in [1.807, 2.05) is 24.3 Å². The van der Waals surface area contributed by atoms with E-state index >= 15 is 0 Å². The number of fused-ring (bicyclic) bond motifs is 1. The van der Waals surface area contributed by atoms with Crippen molar-refractivity contribution in [1.29, 1.82) is 0 Å². The molecule has 0 bridgehead atoms. The van der Waals surface area contributed by atoms with Gasteiger partial charge < -0.3 is 9.73 Å². The van der Waals surface area contributed by atoms with E-state index in [4.69, 9.17) is 4.42 Å². The molecule has 1 aromatic carbocycles. The lowest BCUT2D eigenvalue weighted by Crippen LogP contribution is -2.43. The van der Waals surface area contributed by atoms with Gasteiger partial charge in [-0.2, -0.15) is 0 Å². The number of carbonyl (C=O) groups excluding carboxylic acids is 1. The molecule has 3 aromatic rings. The first-order valence-electron chi connectivity index (χ1n) is 8.88. The topological polar surface area (TPSA) is 79.2 Å². The zero-order valence-electron chi connectivity index (χ0n) is 14.6. The first-order chi connectivity index (χ1) is 12.7. The van der Waals surface area contributed by atoms with Crippen LogP contribution in [0, 0.1) is 6.92 Å². The fraction of sp³-hybridized carbons (Fsp3) is 0.368. The number of hydrazine groups is 1. The molecule has 1 fully saturated rings. The summed E-state index contributed by atoms with van der Waals surface area (Å²) in [6.07, 6.45) is 2.27. The number of hydrogen-bond acceptors (Lipinski definition) is 6. The van der Waals surface area contributed by atoms with Crippen LogP contribution in [0.1, 0.15) is 34.5 Å². The van der Waals surface area contributed by atoms with E-state index < -0.39 is 0 Å². The van der Waals surface area contributed by atoms with Crippen LogP contribution in [0.4, 0.5) is 0 Å². The molecule has 136 valence electrons. The molecule has 6 nitrogen and oxygen atoms in total. The van der Waals surface area contributed by atoms with Gasteiger partial charge in [-0.05, 0) is 44.0 Å². The maximum atomic E-state index is 12.3. The molecule has 2 unspecified atom stereocenters. The van der Waals surface area contributed by atoms with Crippen molar-refractivity contribution in [2.75, 3.05) is 6.54 Å². The summed E-state index contributed by atoms with van der Waals surface area (Å²) in [5.74, 6) is 0.750. The van der Waals surface area contributed by atoms with E-state index in [9.17, 15) is 4.79 Å². The van der Waals surface area contributed by atoms with Crippen LogP contribution in [0.25, 0.3) is 11.1 Å². The Hall–Kier alpha value is -2.22. The second kappa shape index (κ2) is 7.57. The van der Waals surface area contributed by atoms with Crippen LogP contribution in [-0.2, 0) is 11.2 Å². The standard InChI is InChI=1S/C19H22N4O2S/c1-12-8-9-17(26-12)14-11-15(23-22-14)19(24)20-10-4-7-18-21-13-5-2-3-6-16(13)25-18/h2-3,5-6,8-9,14-15,22-23H,4,7,10-11H2,1H3,(H,20,24). The van der Waals surface area contributed by atoms with Crippen molar-refractivity contribution in [1.82, 2.24) is 21.2 Å². The highest BCUT2D eigenvalue weighted by atomic mass is 32.1. The molecule has 1 amide bonds. The zero-order chi connectivity index (χ0) is 17.9. The lowest BCUT2D eigenvalue weighted by atomic mass is 10.1. The molecule has 0 spiro atoms. The summed E-state index contributed by atoms with van der Waals surface area (Å²) in [5.41, 5.74) is 8.01. The minimum Gasteiger partial charge on any atom is -0.441 e. The molecule has 2 atom stereocenters. The number of aromatic nitrogens is 1. The van der Waals surface area contributed by atoms with Gasteiger partial charge in [0.25, 0.3) is 0 Å². The number of oxazole rings is 1. The number of aryl methyl sites for hydroxylation is 2. The summed E-state index contributed by atoms with van der Waals surface area (Å²) >= 11 is 1.77. The third kappa shape index (κ3) is 3.80. The highest BCUT2D eigenvalue weighted by Gasteiger charge is 2.30. The number of thiophene rings is 1. The van der Waals surface area contributed by atoms with E-state index in [1.54, 1.807) is 11.3 Å². The van der Waals surface area contributed by atoms with E-state index in [1.165, 1.54) is 9.75 Å². The Morgan fingerprint density at radius 2 is 2.19 bits per heavy atom. The number of hydrogen-bond donors (Lipinski definition) is 3. The van der Waals surface area contributed by atoms with Gasteiger partial charge in [-0.3, -0.25) is 4.79 Å². The molecule has 3 heterocycles. The summed E-state index contributed by atoms with van der Waals surface area (Å²) in [5, 5.41) is 3.00. The Morgan fingerprint density at radius 3 is 3.00 bits per heavy atom. The van der Waals surface area contributed by atoms with Crippen molar-refractivity contribution in [3.8, 4) is 0 Å². The van der Waals surface area contributed by atoms with E-state index in [0.717, 1.165) is 23.9 Å². The number of nitrogens with zero attached hydrogens (tertiary/aromatic N) is 1. The fourth-order valence-corrected chi connectivity index (χ4v) is 4.10. The van der Waals surface area contributed by atoms with Crippen LogP contribution in [0.2, 0.25) is 0 Å². The fourth-order valence-electron chi connectivity index (χ4n) is 3.16. The average Bonchev–Trinajstić information content (AvgIpc) is 3.36. The monoisotopic (exact) mass is 370 g/mol. The molecule has 0 radical (unpaired) electrons. The van der Waals surface area contributed by atoms with Gasteiger partial charge in [-0.25, -0.2) is 15.8 Å². The number of amides is 1. The molecular formula is C19H22N4O2S. The SMILES string of the molecule is Cc1ccc(C2CC(C(=O)NCCCc3nc4ccccc4o3)NN2)s1. The number of para-hydroxylation sites is 2. The molecule has 3 N–H and O–H groups in total. The molecule has 7 heteroatoms. The third-order valence-corrected chi connectivity index (χ3v) is 5.64. The smallest absolute Gasteiger partial charge is 0.238 e. The van der Waals surface area contributed by atoms with Crippen molar-refractivity contribution in [3.63, 3.8) is 0 Å². The maximum Gasteiger partial charge on any atom is 0.238 e. The van der Waals surface area contributed by atoms with Crippen molar-refractivity contribution in [2.45, 2.75) is 38.3 Å². The Kier molecular flexibility index (Phi) is 5.01. The van der Waals surface area contributed by atoms with Gasteiger partial charge in [-0.15, -0.1) is 11.3 Å². The predicted octanol–water partition coefficient (Wildman–Crippen LogP) is 2.85. The van der Waals surface area contributed by atoms with E-state index in [2.05, 4.69) is 40.2 Å². The number of rotatable bonds is 6. The lowest BCUT2D eigenvalue weighted by Gasteiger charge is -2.09. The van der Waals surface area contributed by atoms with Crippen molar-refractivity contribution in [3.05, 3.63) is 52.0 Å². The molecule has 1 aliphatic heterocycles. The minimum absolute atomic E-state index is 0.0332. The average molecular weight is 370 g/mol. The highest BCUT2D eigenvalue weighted by Crippen LogP contribution is 2.28. The summed E-state index contributed by atoms with van der Waals surface area (Å²) in [4.78, 5) is 19.3. The Labute approximate surface area is 156 Å². The van der Waals surface area contributed by atoms with Gasteiger partial charge in [0.15, 0.2) is 11.5 Å². The highest BCUT2D eigenvalue weighted by molar-refractivity contribution is 7.12. The van der Waals surface area contributed by atoms with Crippen LogP contribution in [0.3, 0.4) is 0 Å². The molecule has 1 aliphatic rings. The number of benzene rings is 1.